The molecule has 3 unspecified atom stereocenters. The summed E-state index contributed by atoms with van der Waals surface area (Å²) in [6.07, 6.45) is 0.350. The Labute approximate surface area is 135 Å². The minimum atomic E-state index is -3.61. The molecule has 0 heterocycles. The molecule has 1 aliphatic carbocycles. The molecule has 1 saturated carbocycles. The van der Waals surface area contributed by atoms with E-state index in [1.54, 1.807) is 41.5 Å². The van der Waals surface area contributed by atoms with E-state index in [2.05, 4.69) is 20.8 Å². The summed E-state index contributed by atoms with van der Waals surface area (Å²) in [5, 5.41) is -1.08. The van der Waals surface area contributed by atoms with E-state index < -0.39 is 31.4 Å². The Morgan fingerprint density at radius 2 is 1.55 bits per heavy atom. The summed E-state index contributed by atoms with van der Waals surface area (Å²) in [6.45, 7) is 16.6. The fraction of sp³-hybridized carbons (Fsp3) is 0.941. The van der Waals surface area contributed by atoms with Crippen LogP contribution in [0.15, 0.2) is 0 Å². The van der Waals surface area contributed by atoms with Crippen molar-refractivity contribution in [2.45, 2.75) is 84.3 Å². The highest BCUT2D eigenvalue weighted by atomic mass is 32.2. The molecule has 5 heteroatoms. The molecule has 0 aromatic rings. The van der Waals surface area contributed by atoms with Gasteiger partial charge in [-0.3, -0.25) is 4.79 Å². The Balaban J connectivity index is 3.10. The molecule has 1 aliphatic rings. The standard InChI is InChI=1S/C17H32O4S/c1-11-12(17(11,8)9)10-13(14(18)21-15(2,3)4)22(19,20)16(5,6)7/h11-13H,10H2,1-9H3. The highest BCUT2D eigenvalue weighted by molar-refractivity contribution is 7.94. The number of esters is 1. The van der Waals surface area contributed by atoms with Gasteiger partial charge < -0.3 is 4.74 Å². The number of hydrogen-bond acceptors (Lipinski definition) is 4. The van der Waals surface area contributed by atoms with Crippen molar-refractivity contribution in [1.29, 1.82) is 0 Å². The van der Waals surface area contributed by atoms with E-state index in [0.29, 0.717) is 12.3 Å². The lowest BCUT2D eigenvalue weighted by molar-refractivity contribution is -0.154. The lowest BCUT2D eigenvalue weighted by Crippen LogP contribution is -2.45. The van der Waals surface area contributed by atoms with Crippen molar-refractivity contribution in [3.8, 4) is 0 Å². The van der Waals surface area contributed by atoms with Gasteiger partial charge in [0.05, 0.1) is 4.75 Å². The second-order valence-electron chi connectivity index (χ2n) is 9.13. The lowest BCUT2D eigenvalue weighted by Gasteiger charge is -2.29. The Morgan fingerprint density at radius 1 is 1.14 bits per heavy atom. The van der Waals surface area contributed by atoms with Crippen LogP contribution in [-0.4, -0.2) is 30.0 Å². The van der Waals surface area contributed by atoms with Crippen molar-refractivity contribution in [3.63, 3.8) is 0 Å². The maximum absolute atomic E-state index is 12.9. The van der Waals surface area contributed by atoms with Crippen LogP contribution in [0.3, 0.4) is 0 Å². The molecule has 0 aliphatic heterocycles. The summed E-state index contributed by atoms with van der Waals surface area (Å²) in [5.41, 5.74) is -0.596. The summed E-state index contributed by atoms with van der Waals surface area (Å²) in [6, 6.07) is 0. The first-order valence-electron chi connectivity index (χ1n) is 7.98. The maximum Gasteiger partial charge on any atom is 0.324 e. The fourth-order valence-corrected chi connectivity index (χ4v) is 4.52. The van der Waals surface area contributed by atoms with Gasteiger partial charge in [0.25, 0.3) is 0 Å². The minimum absolute atomic E-state index is 0.0909. The normalized spacial score (nSPS) is 26.4. The van der Waals surface area contributed by atoms with Gasteiger partial charge in [0, 0.05) is 0 Å². The van der Waals surface area contributed by atoms with Crippen LogP contribution >= 0.6 is 0 Å². The molecule has 0 radical (unpaired) electrons. The van der Waals surface area contributed by atoms with Crippen LogP contribution in [0.4, 0.5) is 0 Å². The second-order valence-corrected chi connectivity index (χ2v) is 12.0. The van der Waals surface area contributed by atoms with Gasteiger partial charge in [-0.15, -0.1) is 0 Å². The van der Waals surface area contributed by atoms with Crippen LogP contribution in [0.1, 0.15) is 68.7 Å². The molecule has 1 fully saturated rings. The number of ether oxygens (including phenoxy) is 1. The van der Waals surface area contributed by atoms with Gasteiger partial charge in [-0.05, 0) is 65.2 Å². The molecule has 0 aromatic carbocycles. The van der Waals surface area contributed by atoms with Gasteiger partial charge in [-0.2, -0.15) is 0 Å². The van der Waals surface area contributed by atoms with E-state index in [1.165, 1.54) is 0 Å². The zero-order chi connectivity index (χ0) is 17.7. The number of rotatable bonds is 4. The molecule has 1 rings (SSSR count). The van der Waals surface area contributed by atoms with Gasteiger partial charge >= 0.3 is 5.97 Å². The fourth-order valence-electron chi connectivity index (χ4n) is 2.90. The average molecular weight is 333 g/mol. The van der Waals surface area contributed by atoms with E-state index in [4.69, 9.17) is 4.74 Å². The van der Waals surface area contributed by atoms with Crippen LogP contribution in [0, 0.1) is 17.3 Å². The van der Waals surface area contributed by atoms with Crippen LogP contribution in [0.2, 0.25) is 0 Å². The summed E-state index contributed by atoms with van der Waals surface area (Å²) in [7, 11) is -3.61. The van der Waals surface area contributed by atoms with Crippen molar-refractivity contribution in [2.24, 2.45) is 17.3 Å². The quantitative estimate of drug-likeness (QED) is 0.738. The van der Waals surface area contributed by atoms with E-state index in [-0.39, 0.29) is 11.3 Å². The van der Waals surface area contributed by atoms with Crippen molar-refractivity contribution >= 4 is 15.8 Å². The van der Waals surface area contributed by atoms with E-state index in [9.17, 15) is 13.2 Å². The van der Waals surface area contributed by atoms with Gasteiger partial charge in [-0.25, -0.2) is 8.42 Å². The Kier molecular flexibility index (Phi) is 4.87. The van der Waals surface area contributed by atoms with Crippen LogP contribution in [-0.2, 0) is 19.4 Å². The van der Waals surface area contributed by atoms with Crippen LogP contribution in [0.5, 0.6) is 0 Å². The summed E-state index contributed by atoms with van der Waals surface area (Å²) >= 11 is 0. The SMILES string of the molecule is CC1C(CC(C(=O)OC(C)(C)C)S(=O)(=O)C(C)(C)C)C1(C)C. The molecule has 3 atom stereocenters. The first-order valence-corrected chi connectivity index (χ1v) is 9.53. The second kappa shape index (κ2) is 5.50. The van der Waals surface area contributed by atoms with Gasteiger partial charge in [-0.1, -0.05) is 20.8 Å². The van der Waals surface area contributed by atoms with Crippen molar-refractivity contribution in [1.82, 2.24) is 0 Å². The molecule has 0 spiro atoms. The maximum atomic E-state index is 12.9. The van der Waals surface area contributed by atoms with Crippen LogP contribution < -0.4 is 0 Å². The summed E-state index contributed by atoms with van der Waals surface area (Å²) in [4.78, 5) is 12.5. The first kappa shape index (κ1) is 19.5. The Morgan fingerprint density at radius 3 is 1.82 bits per heavy atom. The van der Waals surface area contributed by atoms with E-state index in [0.717, 1.165) is 0 Å². The molecule has 0 N–H and O–H groups in total. The molecule has 22 heavy (non-hydrogen) atoms. The zero-order valence-corrected chi connectivity index (χ0v) is 16.3. The number of sulfone groups is 1. The topological polar surface area (TPSA) is 60.4 Å². The number of carbonyl (C=O) groups excluding carboxylic acids is 1. The zero-order valence-electron chi connectivity index (χ0n) is 15.5. The molecular weight excluding hydrogens is 300 g/mol. The van der Waals surface area contributed by atoms with Crippen molar-refractivity contribution in [2.75, 3.05) is 0 Å². The smallest absolute Gasteiger partial charge is 0.324 e. The predicted molar refractivity (Wildman–Crippen MR) is 89.4 cm³/mol. The average Bonchev–Trinajstić information content (AvgIpc) is 2.69. The third-order valence-electron chi connectivity index (χ3n) is 4.99. The highest BCUT2D eigenvalue weighted by Gasteiger charge is 2.57. The van der Waals surface area contributed by atoms with Crippen molar-refractivity contribution in [3.05, 3.63) is 0 Å². The molecule has 130 valence electrons. The molecule has 0 bridgehead atoms. The highest BCUT2D eigenvalue weighted by Crippen LogP contribution is 2.60. The van der Waals surface area contributed by atoms with Gasteiger partial charge in [0.2, 0.25) is 0 Å². The van der Waals surface area contributed by atoms with E-state index >= 15 is 0 Å². The number of carbonyl (C=O) groups is 1. The Hall–Kier alpha value is -0.580. The van der Waals surface area contributed by atoms with Crippen molar-refractivity contribution < 1.29 is 17.9 Å². The molecule has 0 amide bonds. The number of hydrogen-bond donors (Lipinski definition) is 0. The molecule has 0 aromatic heterocycles. The monoisotopic (exact) mass is 332 g/mol. The third-order valence-corrected chi connectivity index (χ3v) is 7.83. The Bertz CT molecular complexity index is 532. The first-order chi connectivity index (χ1) is 9.52. The third kappa shape index (κ3) is 3.84. The minimum Gasteiger partial charge on any atom is -0.459 e. The molecule has 4 nitrogen and oxygen atoms in total. The van der Waals surface area contributed by atoms with Gasteiger partial charge in [0.1, 0.15) is 5.60 Å². The largest absolute Gasteiger partial charge is 0.459 e. The predicted octanol–water partition coefficient (Wildman–Crippen LogP) is 3.59. The molecule has 0 saturated heterocycles. The van der Waals surface area contributed by atoms with E-state index in [1.807, 2.05) is 0 Å². The lowest BCUT2D eigenvalue weighted by atomic mass is 10.1. The summed E-state index contributed by atoms with van der Waals surface area (Å²) in [5.74, 6) is 0.0482. The van der Waals surface area contributed by atoms with Crippen LogP contribution in [0.25, 0.3) is 0 Å². The molecular formula is C17H32O4S. The summed E-state index contributed by atoms with van der Waals surface area (Å²) < 4.78 is 30.1. The van der Waals surface area contributed by atoms with Gasteiger partial charge in [0.15, 0.2) is 15.1 Å².